The zero-order chi connectivity index (χ0) is 27.7. The summed E-state index contributed by atoms with van der Waals surface area (Å²) in [4.78, 5) is 23.3. The van der Waals surface area contributed by atoms with Gasteiger partial charge in [0.25, 0.3) is 11.8 Å². The van der Waals surface area contributed by atoms with Crippen LogP contribution >= 0.6 is 46.4 Å². The predicted molar refractivity (Wildman–Crippen MR) is 116 cm³/mol. The van der Waals surface area contributed by atoms with Crippen molar-refractivity contribution in [3.05, 3.63) is 67.6 Å². The number of alkyl halides is 8. The van der Waals surface area contributed by atoms with E-state index >= 15 is 0 Å². The molecular weight excluding hydrogens is 594 g/mol. The summed E-state index contributed by atoms with van der Waals surface area (Å²) < 4.78 is 113. The number of halogens is 12. The third kappa shape index (κ3) is 5.76. The van der Waals surface area contributed by atoms with Gasteiger partial charge in [0.15, 0.2) is 0 Å². The second-order valence-electron chi connectivity index (χ2n) is 7.16. The maximum atomic E-state index is 14.1. The molecule has 36 heavy (non-hydrogen) atoms. The average Bonchev–Trinajstić information content (AvgIpc) is 2.79. The smallest absolute Gasteiger partial charge is 0.347 e. The molecule has 0 aliphatic carbocycles. The van der Waals surface area contributed by atoms with Gasteiger partial charge in [-0.05, 0) is 35.4 Å². The number of carbonyl (C=O) groups excluding carboxylic acids is 2. The highest BCUT2D eigenvalue weighted by atomic mass is 35.5. The van der Waals surface area contributed by atoms with Crippen LogP contribution in [0.3, 0.4) is 0 Å². The quantitative estimate of drug-likeness (QED) is 0.310. The van der Waals surface area contributed by atoms with Crippen LogP contribution in [-0.2, 0) is 22.7 Å². The Hall–Kier alpha value is -2.02. The molecule has 0 atom stereocenters. The Kier molecular flexibility index (Phi) is 9.03. The standard InChI is InChI=1S/C20H12Cl4F8N2O2/c21-11-3-1-9(5-13(11)23)7-33-15(35)17(25,26)19(29,30)20(31,32)18(27,28)16(36)34-8-10-2-4-12(22)14(24)6-10/h1-6H,7-8H2,(H,33,35)(H,34,36). The lowest BCUT2D eigenvalue weighted by molar-refractivity contribution is -0.347. The van der Waals surface area contributed by atoms with Crippen LogP contribution < -0.4 is 10.6 Å². The van der Waals surface area contributed by atoms with Gasteiger partial charge in [-0.25, -0.2) is 0 Å². The molecule has 0 aliphatic heterocycles. The molecule has 0 saturated heterocycles. The van der Waals surface area contributed by atoms with Crippen LogP contribution in [0, 0.1) is 0 Å². The molecule has 0 fully saturated rings. The summed E-state index contributed by atoms with van der Waals surface area (Å²) in [6.45, 7) is -1.85. The Morgan fingerprint density at radius 2 is 0.889 bits per heavy atom. The fraction of sp³-hybridized carbons (Fsp3) is 0.300. The topological polar surface area (TPSA) is 58.2 Å². The van der Waals surface area contributed by atoms with E-state index < -0.39 is 48.6 Å². The molecule has 16 heteroatoms. The molecule has 0 saturated carbocycles. The molecule has 0 unspecified atom stereocenters. The number of amides is 2. The molecule has 2 amide bonds. The minimum Gasteiger partial charge on any atom is -0.347 e. The van der Waals surface area contributed by atoms with Crippen LogP contribution in [0.15, 0.2) is 36.4 Å². The molecule has 2 aromatic rings. The Morgan fingerprint density at radius 3 is 1.17 bits per heavy atom. The number of rotatable bonds is 9. The van der Waals surface area contributed by atoms with E-state index in [0.29, 0.717) is 0 Å². The lowest BCUT2D eigenvalue weighted by Crippen LogP contribution is -2.68. The van der Waals surface area contributed by atoms with Gasteiger partial charge >= 0.3 is 23.7 Å². The molecule has 0 bridgehead atoms. The van der Waals surface area contributed by atoms with Gasteiger partial charge in [0.2, 0.25) is 0 Å². The Labute approximate surface area is 217 Å². The summed E-state index contributed by atoms with van der Waals surface area (Å²) >= 11 is 22.6. The second kappa shape index (κ2) is 10.8. The second-order valence-corrected chi connectivity index (χ2v) is 8.79. The third-order valence-corrected chi connectivity index (χ3v) is 6.11. The van der Waals surface area contributed by atoms with Gasteiger partial charge in [0.05, 0.1) is 20.1 Å². The van der Waals surface area contributed by atoms with Gasteiger partial charge in [-0.3, -0.25) is 9.59 Å². The molecule has 198 valence electrons. The molecule has 2 rings (SSSR count). The molecule has 0 radical (unpaired) electrons. The van der Waals surface area contributed by atoms with E-state index in [1.54, 1.807) is 0 Å². The first-order valence-corrected chi connectivity index (χ1v) is 10.8. The van der Waals surface area contributed by atoms with Crippen molar-refractivity contribution < 1.29 is 44.7 Å². The highest BCUT2D eigenvalue weighted by Crippen LogP contribution is 2.52. The van der Waals surface area contributed by atoms with E-state index in [1.807, 2.05) is 0 Å². The summed E-state index contributed by atoms with van der Waals surface area (Å²) in [6, 6.07) is 6.66. The van der Waals surface area contributed by atoms with Crippen molar-refractivity contribution in [1.82, 2.24) is 10.6 Å². The highest BCUT2D eigenvalue weighted by Gasteiger charge is 2.84. The van der Waals surface area contributed by atoms with Gasteiger partial charge in [0.1, 0.15) is 0 Å². The van der Waals surface area contributed by atoms with Gasteiger partial charge in [-0.15, -0.1) is 0 Å². The zero-order valence-corrected chi connectivity index (χ0v) is 20.3. The maximum absolute atomic E-state index is 14.1. The molecule has 0 aliphatic rings. The zero-order valence-electron chi connectivity index (χ0n) is 17.2. The van der Waals surface area contributed by atoms with Crippen LogP contribution in [0.4, 0.5) is 35.1 Å². The predicted octanol–water partition coefficient (Wildman–Crippen LogP) is 6.77. The van der Waals surface area contributed by atoms with E-state index in [0.717, 1.165) is 36.4 Å². The Balaban J connectivity index is 2.19. The molecule has 2 aromatic carbocycles. The minimum absolute atomic E-state index is 0.0166. The fourth-order valence-electron chi connectivity index (χ4n) is 2.57. The third-order valence-electron chi connectivity index (χ3n) is 4.63. The van der Waals surface area contributed by atoms with Crippen LogP contribution in [0.5, 0.6) is 0 Å². The number of hydrogen-bond donors (Lipinski definition) is 2. The SMILES string of the molecule is O=C(NCc1ccc(Cl)c(Cl)c1)C(F)(F)C(F)(F)C(F)(F)C(F)(F)C(=O)NCc1ccc(Cl)c(Cl)c1. The maximum Gasteiger partial charge on any atom is 0.392 e. The molecule has 0 aromatic heterocycles. The van der Waals surface area contributed by atoms with Gasteiger partial charge in [-0.1, -0.05) is 58.5 Å². The Bertz CT molecular complexity index is 1080. The van der Waals surface area contributed by atoms with Crippen molar-refractivity contribution in [3.63, 3.8) is 0 Å². The molecular formula is C20H12Cl4F8N2O2. The lowest BCUT2D eigenvalue weighted by atomic mass is 9.97. The van der Waals surface area contributed by atoms with E-state index in [-0.39, 0.29) is 31.2 Å². The summed E-state index contributed by atoms with van der Waals surface area (Å²) in [6.07, 6.45) is 0. The number of hydrogen-bond acceptors (Lipinski definition) is 2. The van der Waals surface area contributed by atoms with Gasteiger partial charge in [-0.2, -0.15) is 35.1 Å². The van der Waals surface area contributed by atoms with Crippen LogP contribution in [0.25, 0.3) is 0 Å². The average molecular weight is 606 g/mol. The summed E-state index contributed by atoms with van der Waals surface area (Å²) in [5.74, 6) is -32.8. The van der Waals surface area contributed by atoms with Crippen LogP contribution in [0.1, 0.15) is 11.1 Å². The highest BCUT2D eigenvalue weighted by molar-refractivity contribution is 6.42. The minimum atomic E-state index is -7.01. The van der Waals surface area contributed by atoms with Crippen molar-refractivity contribution in [1.29, 1.82) is 0 Å². The molecule has 2 N–H and O–H groups in total. The van der Waals surface area contributed by atoms with Crippen molar-refractivity contribution in [2.45, 2.75) is 36.8 Å². The lowest BCUT2D eigenvalue weighted by Gasteiger charge is -2.35. The normalized spacial score (nSPS) is 12.9. The van der Waals surface area contributed by atoms with E-state index in [2.05, 4.69) is 0 Å². The Morgan fingerprint density at radius 1 is 0.583 bits per heavy atom. The molecule has 0 heterocycles. The first-order valence-electron chi connectivity index (χ1n) is 9.32. The summed E-state index contributed by atoms with van der Waals surface area (Å²) in [5.41, 5.74) is -0.119. The molecule has 0 spiro atoms. The fourth-order valence-corrected chi connectivity index (χ4v) is 3.21. The van der Waals surface area contributed by atoms with Crippen molar-refractivity contribution in [3.8, 4) is 0 Å². The van der Waals surface area contributed by atoms with Gasteiger partial charge in [0, 0.05) is 13.1 Å². The van der Waals surface area contributed by atoms with Crippen LogP contribution in [0.2, 0.25) is 20.1 Å². The van der Waals surface area contributed by atoms with E-state index in [9.17, 15) is 44.7 Å². The van der Waals surface area contributed by atoms with Crippen molar-refractivity contribution in [2.24, 2.45) is 0 Å². The summed E-state index contributed by atoms with van der Waals surface area (Å²) in [7, 11) is 0. The number of carbonyl (C=O) groups is 2. The first-order chi connectivity index (χ1) is 16.4. The van der Waals surface area contributed by atoms with Crippen molar-refractivity contribution >= 4 is 58.2 Å². The van der Waals surface area contributed by atoms with Crippen molar-refractivity contribution in [2.75, 3.05) is 0 Å². The first kappa shape index (κ1) is 30.2. The van der Waals surface area contributed by atoms with Gasteiger partial charge < -0.3 is 10.6 Å². The molecule has 4 nitrogen and oxygen atoms in total. The summed E-state index contributed by atoms with van der Waals surface area (Å²) in [5, 5.41) is 2.27. The monoisotopic (exact) mass is 604 g/mol. The van der Waals surface area contributed by atoms with Crippen LogP contribution in [-0.4, -0.2) is 35.5 Å². The largest absolute Gasteiger partial charge is 0.392 e. The van der Waals surface area contributed by atoms with E-state index in [4.69, 9.17) is 46.4 Å². The van der Waals surface area contributed by atoms with E-state index in [1.165, 1.54) is 10.6 Å². The number of nitrogens with one attached hydrogen (secondary N) is 2. The number of benzene rings is 2.